The van der Waals surface area contributed by atoms with Crippen LogP contribution in [0.1, 0.15) is 26.7 Å². The molecule has 1 aliphatic heterocycles. The third kappa shape index (κ3) is 5.17. The number of ether oxygens (including phenoxy) is 1. The van der Waals surface area contributed by atoms with Crippen LogP contribution in [0, 0.1) is 11.7 Å². The standard InChI is InChI=1S/C22H26FN5O.H2S/c1-14(2)29-20-6-5-16(10-17(20)23)18-11-19-21(26-9-8-25-19)22(28-18)27-13-15-4-3-7-24-12-15;/h5-6,8-11,14-15,24H,3-4,7,12-13H2,1-2H3,(H,27,28);1H2/t15-;/m0./s1. The van der Waals surface area contributed by atoms with Crippen molar-refractivity contribution in [2.75, 3.05) is 25.0 Å². The second-order valence-corrected chi connectivity index (χ2v) is 7.69. The van der Waals surface area contributed by atoms with Crippen molar-refractivity contribution in [1.29, 1.82) is 0 Å². The molecule has 0 radical (unpaired) electrons. The molecule has 3 aromatic rings. The maximum absolute atomic E-state index is 14.5. The van der Waals surface area contributed by atoms with Gasteiger partial charge in [-0.2, -0.15) is 13.5 Å². The van der Waals surface area contributed by atoms with Crippen molar-refractivity contribution in [3.63, 3.8) is 0 Å². The summed E-state index contributed by atoms with van der Waals surface area (Å²) in [7, 11) is 0. The highest BCUT2D eigenvalue weighted by Crippen LogP contribution is 2.29. The van der Waals surface area contributed by atoms with Gasteiger partial charge in [0.05, 0.1) is 17.3 Å². The van der Waals surface area contributed by atoms with E-state index in [1.807, 2.05) is 26.0 Å². The van der Waals surface area contributed by atoms with Gasteiger partial charge in [-0.3, -0.25) is 4.98 Å². The van der Waals surface area contributed by atoms with E-state index in [4.69, 9.17) is 9.72 Å². The summed E-state index contributed by atoms with van der Waals surface area (Å²) in [5.41, 5.74) is 2.77. The van der Waals surface area contributed by atoms with E-state index in [0.717, 1.165) is 30.7 Å². The summed E-state index contributed by atoms with van der Waals surface area (Å²) < 4.78 is 20.0. The number of aromatic nitrogens is 3. The van der Waals surface area contributed by atoms with E-state index in [-0.39, 0.29) is 25.3 Å². The molecular weight excluding hydrogens is 401 g/mol. The zero-order valence-electron chi connectivity index (χ0n) is 17.3. The van der Waals surface area contributed by atoms with Gasteiger partial charge in [0, 0.05) is 24.5 Å². The average Bonchev–Trinajstić information content (AvgIpc) is 2.73. The molecule has 1 aromatic carbocycles. The van der Waals surface area contributed by atoms with E-state index in [1.165, 1.54) is 18.9 Å². The lowest BCUT2D eigenvalue weighted by molar-refractivity contribution is 0.231. The van der Waals surface area contributed by atoms with Crippen LogP contribution >= 0.6 is 13.5 Å². The predicted molar refractivity (Wildman–Crippen MR) is 123 cm³/mol. The van der Waals surface area contributed by atoms with Crippen molar-refractivity contribution in [2.45, 2.75) is 32.8 Å². The van der Waals surface area contributed by atoms with Gasteiger partial charge in [0.2, 0.25) is 0 Å². The van der Waals surface area contributed by atoms with Crippen LogP contribution in [0.25, 0.3) is 22.3 Å². The molecule has 30 heavy (non-hydrogen) atoms. The number of nitrogens with one attached hydrogen (secondary N) is 2. The van der Waals surface area contributed by atoms with Crippen LogP contribution < -0.4 is 15.4 Å². The Morgan fingerprint density at radius 3 is 2.80 bits per heavy atom. The lowest BCUT2D eigenvalue weighted by Gasteiger charge is -2.23. The van der Waals surface area contributed by atoms with Gasteiger partial charge in [0.1, 0.15) is 5.52 Å². The van der Waals surface area contributed by atoms with Crippen molar-refractivity contribution < 1.29 is 9.13 Å². The second kappa shape index (κ2) is 10.0. The van der Waals surface area contributed by atoms with Crippen molar-refractivity contribution in [2.24, 2.45) is 5.92 Å². The van der Waals surface area contributed by atoms with Gasteiger partial charge < -0.3 is 15.4 Å². The van der Waals surface area contributed by atoms with Crippen LogP contribution in [0.2, 0.25) is 0 Å². The largest absolute Gasteiger partial charge is 0.488 e. The Morgan fingerprint density at radius 2 is 2.07 bits per heavy atom. The first kappa shape index (κ1) is 22.2. The molecule has 0 bridgehead atoms. The summed E-state index contributed by atoms with van der Waals surface area (Å²) >= 11 is 0. The van der Waals surface area contributed by atoms with Crippen LogP contribution in [0.3, 0.4) is 0 Å². The SMILES string of the molecule is CC(C)Oc1ccc(-c2cc3nccnc3c(NC[C@H]3CCCNC3)n2)cc1F.S. The maximum Gasteiger partial charge on any atom is 0.165 e. The predicted octanol–water partition coefficient (Wildman–Crippen LogP) is 4.14. The molecule has 1 fully saturated rings. The first-order valence-corrected chi connectivity index (χ1v) is 10.1. The van der Waals surface area contributed by atoms with Gasteiger partial charge in [0.25, 0.3) is 0 Å². The Labute approximate surface area is 183 Å². The number of nitrogens with zero attached hydrogens (tertiary/aromatic N) is 3. The third-order valence-electron chi connectivity index (χ3n) is 5.00. The number of fused-ring (bicyclic) bond motifs is 1. The topological polar surface area (TPSA) is 72.0 Å². The fourth-order valence-corrected chi connectivity index (χ4v) is 3.59. The fraction of sp³-hybridized carbons (Fsp3) is 0.409. The molecule has 3 heterocycles. The number of hydrogen-bond acceptors (Lipinski definition) is 6. The Bertz CT molecular complexity index is 994. The number of pyridine rings is 1. The second-order valence-electron chi connectivity index (χ2n) is 7.69. The molecule has 0 unspecified atom stereocenters. The first-order valence-electron chi connectivity index (χ1n) is 10.1. The van der Waals surface area contributed by atoms with Crippen LogP contribution in [-0.4, -0.2) is 40.7 Å². The maximum atomic E-state index is 14.5. The quantitative estimate of drug-likeness (QED) is 0.614. The van der Waals surface area contributed by atoms with Crippen LogP contribution in [0.5, 0.6) is 5.75 Å². The highest BCUT2D eigenvalue weighted by Gasteiger charge is 2.16. The van der Waals surface area contributed by atoms with Crippen molar-refractivity contribution in [3.05, 3.63) is 42.5 Å². The lowest BCUT2D eigenvalue weighted by atomic mass is 10.00. The van der Waals surface area contributed by atoms with E-state index in [0.29, 0.717) is 23.0 Å². The molecule has 0 amide bonds. The summed E-state index contributed by atoms with van der Waals surface area (Å²) in [6, 6.07) is 6.76. The molecule has 1 atom stereocenters. The molecule has 6 nitrogen and oxygen atoms in total. The van der Waals surface area contributed by atoms with E-state index in [9.17, 15) is 4.39 Å². The highest BCUT2D eigenvalue weighted by atomic mass is 32.1. The normalized spacial score (nSPS) is 16.3. The first-order chi connectivity index (χ1) is 14.1. The van der Waals surface area contributed by atoms with E-state index >= 15 is 0 Å². The van der Waals surface area contributed by atoms with Crippen LogP contribution in [-0.2, 0) is 0 Å². The molecule has 1 aliphatic rings. The molecule has 2 N–H and O–H groups in total. The molecule has 4 rings (SSSR count). The number of hydrogen-bond donors (Lipinski definition) is 2. The minimum absolute atomic E-state index is 0. The minimum atomic E-state index is -0.403. The summed E-state index contributed by atoms with van der Waals surface area (Å²) in [6.07, 6.45) is 5.60. The molecule has 0 aliphatic carbocycles. The molecule has 0 saturated carbocycles. The summed E-state index contributed by atoms with van der Waals surface area (Å²) in [4.78, 5) is 13.6. The van der Waals surface area contributed by atoms with Gasteiger partial charge in [0.15, 0.2) is 17.4 Å². The third-order valence-corrected chi connectivity index (χ3v) is 5.00. The summed E-state index contributed by atoms with van der Waals surface area (Å²) in [5.74, 6) is 1.07. The molecule has 160 valence electrons. The number of rotatable bonds is 6. The number of halogens is 1. The smallest absolute Gasteiger partial charge is 0.165 e. The van der Waals surface area contributed by atoms with E-state index in [2.05, 4.69) is 20.6 Å². The van der Waals surface area contributed by atoms with Gasteiger partial charge in [-0.15, -0.1) is 0 Å². The summed E-state index contributed by atoms with van der Waals surface area (Å²) in [6.45, 7) is 6.64. The Kier molecular flexibility index (Phi) is 7.44. The minimum Gasteiger partial charge on any atom is -0.488 e. The number of benzene rings is 1. The molecular formula is C22H28FN5OS. The van der Waals surface area contributed by atoms with E-state index in [1.54, 1.807) is 18.5 Å². The van der Waals surface area contributed by atoms with Gasteiger partial charge >= 0.3 is 0 Å². The zero-order chi connectivity index (χ0) is 20.2. The molecule has 0 spiro atoms. The van der Waals surface area contributed by atoms with E-state index < -0.39 is 5.82 Å². The zero-order valence-corrected chi connectivity index (χ0v) is 18.3. The van der Waals surface area contributed by atoms with Gasteiger partial charge in [-0.05, 0) is 70.0 Å². The number of piperidine rings is 1. The van der Waals surface area contributed by atoms with Crippen molar-refractivity contribution in [3.8, 4) is 17.0 Å². The molecule has 2 aromatic heterocycles. The fourth-order valence-electron chi connectivity index (χ4n) is 3.59. The Morgan fingerprint density at radius 1 is 1.23 bits per heavy atom. The number of anilines is 1. The van der Waals surface area contributed by atoms with Crippen molar-refractivity contribution in [1.82, 2.24) is 20.3 Å². The Hall–Kier alpha value is -2.45. The lowest BCUT2D eigenvalue weighted by Crippen LogP contribution is -2.33. The highest BCUT2D eigenvalue weighted by molar-refractivity contribution is 7.59. The summed E-state index contributed by atoms with van der Waals surface area (Å²) in [5, 5.41) is 6.88. The monoisotopic (exact) mass is 429 g/mol. The molecule has 1 saturated heterocycles. The average molecular weight is 430 g/mol. The van der Waals surface area contributed by atoms with Gasteiger partial charge in [-0.25, -0.2) is 14.4 Å². The van der Waals surface area contributed by atoms with Crippen LogP contribution in [0.4, 0.5) is 10.2 Å². The van der Waals surface area contributed by atoms with Crippen molar-refractivity contribution >= 4 is 30.3 Å². The van der Waals surface area contributed by atoms with Crippen LogP contribution in [0.15, 0.2) is 36.7 Å². The Balaban J connectivity index is 0.00000256. The molecule has 8 heteroatoms. The van der Waals surface area contributed by atoms with Gasteiger partial charge in [-0.1, -0.05) is 0 Å².